The van der Waals surface area contributed by atoms with Gasteiger partial charge in [0.25, 0.3) is 11.8 Å². The van der Waals surface area contributed by atoms with Crippen molar-refractivity contribution in [2.45, 2.75) is 19.9 Å². The molecule has 0 radical (unpaired) electrons. The van der Waals surface area contributed by atoms with Crippen molar-refractivity contribution in [2.75, 3.05) is 6.61 Å². The van der Waals surface area contributed by atoms with Crippen LogP contribution in [0.2, 0.25) is 0 Å². The molecule has 2 amide bonds. The normalized spacial score (nSPS) is 12.1. The Kier molecular flexibility index (Phi) is 7.05. The molecule has 1 heterocycles. The van der Waals surface area contributed by atoms with E-state index in [9.17, 15) is 9.59 Å². The number of amides is 2. The van der Waals surface area contributed by atoms with Crippen LogP contribution in [0.15, 0.2) is 83.1 Å². The molecule has 0 bridgehead atoms. The molecule has 6 nitrogen and oxygen atoms in total. The molecule has 0 saturated carbocycles. The lowest BCUT2D eigenvalue weighted by Gasteiger charge is -2.17. The van der Waals surface area contributed by atoms with Gasteiger partial charge in [0.15, 0.2) is 0 Å². The number of para-hydroxylation sites is 1. The largest absolute Gasteiger partial charge is 0.491 e. The summed E-state index contributed by atoms with van der Waals surface area (Å²) in [5.41, 5.74) is 1.51. The zero-order valence-electron chi connectivity index (χ0n) is 16.9. The fourth-order valence-corrected chi connectivity index (χ4v) is 2.74. The molecular weight excluding hydrogens is 380 g/mol. The Labute approximate surface area is 175 Å². The number of rotatable bonds is 8. The van der Waals surface area contributed by atoms with Gasteiger partial charge in [-0.05, 0) is 50.2 Å². The maximum atomic E-state index is 12.8. The number of hydrogen-bond acceptors (Lipinski definition) is 4. The number of benzene rings is 2. The van der Waals surface area contributed by atoms with E-state index in [0.717, 1.165) is 11.3 Å². The van der Waals surface area contributed by atoms with Crippen molar-refractivity contribution in [3.05, 3.63) is 95.6 Å². The smallest absolute Gasteiger partial charge is 0.268 e. The molecule has 0 saturated heterocycles. The lowest BCUT2D eigenvalue weighted by molar-refractivity contribution is -0.118. The van der Waals surface area contributed by atoms with E-state index in [1.54, 1.807) is 30.3 Å². The molecule has 3 rings (SSSR count). The average Bonchev–Trinajstić information content (AvgIpc) is 3.25. The monoisotopic (exact) mass is 404 g/mol. The number of aryl methyl sites for hydroxylation is 1. The highest BCUT2D eigenvalue weighted by molar-refractivity contribution is 6.05. The van der Waals surface area contributed by atoms with Crippen LogP contribution in [-0.4, -0.2) is 24.5 Å². The van der Waals surface area contributed by atoms with Crippen molar-refractivity contribution in [3.8, 4) is 5.75 Å². The first kappa shape index (κ1) is 20.9. The van der Waals surface area contributed by atoms with Crippen molar-refractivity contribution >= 4 is 17.9 Å². The highest BCUT2D eigenvalue weighted by Crippen LogP contribution is 2.11. The van der Waals surface area contributed by atoms with Crippen molar-refractivity contribution in [3.63, 3.8) is 0 Å². The molecule has 154 valence electrons. The fraction of sp³-hybridized carbons (Fsp3) is 0.167. The topological polar surface area (TPSA) is 80.6 Å². The van der Waals surface area contributed by atoms with Gasteiger partial charge in [0.1, 0.15) is 23.8 Å². The quantitative estimate of drug-likeness (QED) is 0.557. The summed E-state index contributed by atoms with van der Waals surface area (Å²) < 4.78 is 11.0. The third-order valence-electron chi connectivity index (χ3n) is 4.22. The average molecular weight is 404 g/mol. The van der Waals surface area contributed by atoms with Crippen LogP contribution in [0, 0.1) is 6.92 Å². The summed E-state index contributed by atoms with van der Waals surface area (Å²) in [7, 11) is 0. The molecule has 6 heteroatoms. The molecule has 0 spiro atoms. The number of nitrogens with one attached hydrogen (secondary N) is 2. The van der Waals surface area contributed by atoms with Gasteiger partial charge in [-0.25, -0.2) is 0 Å². The molecule has 0 fully saturated rings. The van der Waals surface area contributed by atoms with Crippen LogP contribution in [0.5, 0.6) is 5.75 Å². The number of hydrogen-bond donors (Lipinski definition) is 2. The Hall–Kier alpha value is -3.80. The van der Waals surface area contributed by atoms with Crippen molar-refractivity contribution in [2.24, 2.45) is 0 Å². The second-order valence-corrected chi connectivity index (χ2v) is 6.90. The second-order valence-electron chi connectivity index (χ2n) is 6.90. The zero-order valence-corrected chi connectivity index (χ0v) is 16.9. The minimum Gasteiger partial charge on any atom is -0.491 e. The highest BCUT2D eigenvalue weighted by Gasteiger charge is 2.17. The number of ether oxygens (including phenoxy) is 1. The summed E-state index contributed by atoms with van der Waals surface area (Å²) >= 11 is 0. The molecule has 1 aromatic heterocycles. The van der Waals surface area contributed by atoms with E-state index in [1.165, 1.54) is 12.3 Å². The van der Waals surface area contributed by atoms with E-state index in [-0.39, 0.29) is 24.3 Å². The van der Waals surface area contributed by atoms with Crippen LogP contribution in [0.1, 0.15) is 28.6 Å². The molecule has 30 heavy (non-hydrogen) atoms. The zero-order chi connectivity index (χ0) is 21.3. The lowest BCUT2D eigenvalue weighted by Crippen LogP contribution is -2.41. The third kappa shape index (κ3) is 6.10. The summed E-state index contributed by atoms with van der Waals surface area (Å²) in [5, 5.41) is 5.53. The van der Waals surface area contributed by atoms with Crippen LogP contribution in [0.25, 0.3) is 6.08 Å². The van der Waals surface area contributed by atoms with Crippen LogP contribution in [-0.2, 0) is 4.79 Å². The SMILES string of the molecule is Cc1cccc(C(=O)N/C(=C\c2ccco2)C(=O)NC(C)COc2ccccc2)c1. The Morgan fingerprint density at radius 3 is 2.57 bits per heavy atom. The van der Waals surface area contributed by atoms with E-state index >= 15 is 0 Å². The van der Waals surface area contributed by atoms with Crippen LogP contribution < -0.4 is 15.4 Å². The van der Waals surface area contributed by atoms with Crippen molar-refractivity contribution in [1.29, 1.82) is 0 Å². The van der Waals surface area contributed by atoms with Gasteiger partial charge in [0.05, 0.1) is 12.3 Å². The van der Waals surface area contributed by atoms with Gasteiger partial charge in [0.2, 0.25) is 0 Å². The maximum Gasteiger partial charge on any atom is 0.268 e. The van der Waals surface area contributed by atoms with Crippen LogP contribution in [0.3, 0.4) is 0 Å². The maximum absolute atomic E-state index is 12.8. The molecule has 2 N–H and O–H groups in total. The van der Waals surface area contributed by atoms with E-state index in [0.29, 0.717) is 11.3 Å². The molecule has 3 aromatic rings. The third-order valence-corrected chi connectivity index (χ3v) is 4.22. The van der Waals surface area contributed by atoms with Crippen molar-refractivity contribution in [1.82, 2.24) is 10.6 Å². The molecule has 0 aliphatic rings. The molecule has 0 aliphatic heterocycles. The first-order chi connectivity index (χ1) is 14.5. The fourth-order valence-electron chi connectivity index (χ4n) is 2.74. The van der Waals surface area contributed by atoms with E-state index < -0.39 is 5.91 Å². The van der Waals surface area contributed by atoms with Crippen LogP contribution >= 0.6 is 0 Å². The van der Waals surface area contributed by atoms with Gasteiger partial charge in [0, 0.05) is 11.6 Å². The summed E-state index contributed by atoms with van der Waals surface area (Å²) in [6.07, 6.45) is 2.99. The Balaban J connectivity index is 1.68. The summed E-state index contributed by atoms with van der Waals surface area (Å²) in [6.45, 7) is 4.01. The lowest BCUT2D eigenvalue weighted by atomic mass is 10.1. The number of carbonyl (C=O) groups excluding carboxylic acids is 2. The van der Waals surface area contributed by atoms with Gasteiger partial charge in [-0.2, -0.15) is 0 Å². The van der Waals surface area contributed by atoms with Gasteiger partial charge in [-0.15, -0.1) is 0 Å². The Bertz CT molecular complexity index is 1010. The Morgan fingerprint density at radius 1 is 1.07 bits per heavy atom. The van der Waals surface area contributed by atoms with E-state index in [2.05, 4.69) is 10.6 Å². The van der Waals surface area contributed by atoms with Gasteiger partial charge in [-0.1, -0.05) is 35.9 Å². The molecular formula is C24H24N2O4. The van der Waals surface area contributed by atoms with E-state index in [1.807, 2.05) is 50.2 Å². The van der Waals surface area contributed by atoms with Gasteiger partial charge < -0.3 is 19.8 Å². The molecule has 0 aliphatic carbocycles. The van der Waals surface area contributed by atoms with E-state index in [4.69, 9.17) is 9.15 Å². The second kappa shape index (κ2) is 10.1. The summed E-state index contributed by atoms with van der Waals surface area (Å²) in [5.74, 6) is 0.368. The molecule has 1 unspecified atom stereocenters. The number of furan rings is 1. The first-order valence-electron chi connectivity index (χ1n) is 9.63. The van der Waals surface area contributed by atoms with Crippen molar-refractivity contribution < 1.29 is 18.7 Å². The number of carbonyl (C=O) groups is 2. The standard InChI is InChI=1S/C24H24N2O4/c1-17-8-6-9-19(14-17)23(27)26-22(15-21-12-7-13-29-21)24(28)25-18(2)16-30-20-10-4-3-5-11-20/h3-15,18H,16H2,1-2H3,(H,25,28)(H,26,27)/b22-15-. The summed E-state index contributed by atoms with van der Waals surface area (Å²) in [4.78, 5) is 25.5. The molecule has 2 aromatic carbocycles. The minimum absolute atomic E-state index is 0.0861. The minimum atomic E-state index is -0.434. The predicted octanol–water partition coefficient (Wildman–Crippen LogP) is 3.94. The van der Waals surface area contributed by atoms with Gasteiger partial charge >= 0.3 is 0 Å². The molecule has 1 atom stereocenters. The predicted molar refractivity (Wildman–Crippen MR) is 115 cm³/mol. The first-order valence-corrected chi connectivity index (χ1v) is 9.63. The summed E-state index contributed by atoms with van der Waals surface area (Å²) in [6, 6.07) is 19.6. The highest BCUT2D eigenvalue weighted by atomic mass is 16.5. The Morgan fingerprint density at radius 2 is 1.87 bits per heavy atom. The van der Waals surface area contributed by atoms with Gasteiger partial charge in [-0.3, -0.25) is 9.59 Å². The van der Waals surface area contributed by atoms with Crippen LogP contribution in [0.4, 0.5) is 0 Å².